The molecule has 0 unspecified atom stereocenters. The van der Waals surface area contributed by atoms with Crippen LogP contribution >= 0.6 is 0 Å². The average Bonchev–Trinajstić information content (AvgIpc) is 2.18. The molecule has 0 aromatic rings. The minimum atomic E-state index is 0.356. The van der Waals surface area contributed by atoms with E-state index in [4.69, 9.17) is 9.47 Å². The van der Waals surface area contributed by atoms with Crippen LogP contribution in [0.1, 0.15) is 13.8 Å². The summed E-state index contributed by atoms with van der Waals surface area (Å²) < 4.78 is 10.6. The van der Waals surface area contributed by atoms with E-state index < -0.39 is 0 Å². The van der Waals surface area contributed by atoms with Crippen LogP contribution in [0.4, 0.5) is 0 Å². The molecular weight excluding hydrogens is 116 g/mol. The van der Waals surface area contributed by atoms with Gasteiger partial charge < -0.3 is 9.47 Å². The second-order valence-electron chi connectivity index (χ2n) is 2.51. The Labute approximate surface area is 56.2 Å². The maximum Gasteiger partial charge on any atom is 0.0855 e. The highest BCUT2D eigenvalue weighted by molar-refractivity contribution is 4.70. The molecule has 2 heteroatoms. The average molecular weight is 130 g/mol. The highest BCUT2D eigenvalue weighted by atomic mass is 16.5. The molecule has 54 valence electrons. The Hall–Kier alpha value is -0.0800. The minimum absolute atomic E-state index is 0.356. The third-order valence-electron chi connectivity index (χ3n) is 1.68. The summed E-state index contributed by atoms with van der Waals surface area (Å²) in [6.07, 6.45) is 0.356. The van der Waals surface area contributed by atoms with Crippen molar-refractivity contribution in [2.45, 2.75) is 20.0 Å². The Bertz CT molecular complexity index is 83.0. The van der Waals surface area contributed by atoms with Gasteiger partial charge in [0, 0.05) is 12.5 Å². The lowest BCUT2D eigenvalue weighted by atomic mass is 10.1. The van der Waals surface area contributed by atoms with E-state index in [1.165, 1.54) is 0 Å². The van der Waals surface area contributed by atoms with Crippen LogP contribution < -0.4 is 0 Å². The lowest BCUT2D eigenvalue weighted by Gasteiger charge is -2.11. The first-order valence-electron chi connectivity index (χ1n) is 3.54. The zero-order valence-electron chi connectivity index (χ0n) is 6.09. The number of hydrogen-bond donors (Lipinski definition) is 0. The standard InChI is InChI=1S/C7H14O2/c1-3-9-7-5-8-4-6(7)2/h6-7H,3-5H2,1-2H3/t6-,7-/m0/s1. The first-order chi connectivity index (χ1) is 4.34. The van der Waals surface area contributed by atoms with E-state index in [1.807, 2.05) is 6.92 Å². The predicted octanol–water partition coefficient (Wildman–Crippen LogP) is 1.06. The molecule has 1 saturated heterocycles. The molecule has 0 radical (unpaired) electrons. The van der Waals surface area contributed by atoms with Gasteiger partial charge in [0.05, 0.1) is 19.3 Å². The molecule has 1 aliphatic heterocycles. The highest BCUT2D eigenvalue weighted by Gasteiger charge is 2.23. The van der Waals surface area contributed by atoms with E-state index in [0.717, 1.165) is 19.8 Å². The van der Waals surface area contributed by atoms with Crippen molar-refractivity contribution >= 4 is 0 Å². The van der Waals surface area contributed by atoms with Gasteiger partial charge in [-0.2, -0.15) is 0 Å². The molecule has 9 heavy (non-hydrogen) atoms. The lowest BCUT2D eigenvalue weighted by Crippen LogP contribution is -2.19. The normalized spacial score (nSPS) is 35.3. The fraction of sp³-hybridized carbons (Fsp3) is 1.00. The van der Waals surface area contributed by atoms with Gasteiger partial charge in [0.25, 0.3) is 0 Å². The van der Waals surface area contributed by atoms with Gasteiger partial charge in [-0.05, 0) is 6.92 Å². The second kappa shape index (κ2) is 3.18. The summed E-state index contributed by atoms with van der Waals surface area (Å²) >= 11 is 0. The van der Waals surface area contributed by atoms with Gasteiger partial charge >= 0.3 is 0 Å². The van der Waals surface area contributed by atoms with E-state index in [9.17, 15) is 0 Å². The van der Waals surface area contributed by atoms with Gasteiger partial charge in [0.2, 0.25) is 0 Å². The first-order valence-corrected chi connectivity index (χ1v) is 3.54. The van der Waals surface area contributed by atoms with Gasteiger partial charge in [0.15, 0.2) is 0 Å². The summed E-state index contributed by atoms with van der Waals surface area (Å²) in [6.45, 7) is 6.64. The van der Waals surface area contributed by atoms with Gasteiger partial charge in [-0.1, -0.05) is 6.92 Å². The van der Waals surface area contributed by atoms with Gasteiger partial charge in [-0.25, -0.2) is 0 Å². The molecule has 0 aliphatic carbocycles. The molecular formula is C7H14O2. The van der Waals surface area contributed by atoms with Crippen molar-refractivity contribution in [3.8, 4) is 0 Å². The summed E-state index contributed by atoms with van der Waals surface area (Å²) in [5, 5.41) is 0. The Morgan fingerprint density at radius 2 is 2.33 bits per heavy atom. The van der Waals surface area contributed by atoms with Gasteiger partial charge in [-0.3, -0.25) is 0 Å². The largest absolute Gasteiger partial charge is 0.378 e. The number of ether oxygens (including phenoxy) is 2. The first kappa shape index (κ1) is 7.03. The zero-order valence-corrected chi connectivity index (χ0v) is 6.09. The summed E-state index contributed by atoms with van der Waals surface area (Å²) in [5.41, 5.74) is 0. The van der Waals surface area contributed by atoms with Crippen LogP contribution in [0, 0.1) is 5.92 Å². The Morgan fingerprint density at radius 3 is 2.78 bits per heavy atom. The zero-order chi connectivity index (χ0) is 6.69. The SMILES string of the molecule is CCO[C@H]1COC[C@@H]1C. The molecule has 0 bridgehead atoms. The summed E-state index contributed by atoms with van der Waals surface area (Å²) in [5.74, 6) is 0.588. The molecule has 0 aromatic carbocycles. The molecule has 0 saturated carbocycles. The Balaban J connectivity index is 2.22. The van der Waals surface area contributed by atoms with E-state index in [0.29, 0.717) is 12.0 Å². The van der Waals surface area contributed by atoms with E-state index in [-0.39, 0.29) is 0 Å². The molecule has 0 aromatic heterocycles. The Kier molecular flexibility index (Phi) is 2.49. The van der Waals surface area contributed by atoms with Crippen molar-refractivity contribution < 1.29 is 9.47 Å². The summed E-state index contributed by atoms with van der Waals surface area (Å²) in [7, 11) is 0. The molecule has 1 fully saturated rings. The van der Waals surface area contributed by atoms with Crippen LogP contribution in [0.15, 0.2) is 0 Å². The fourth-order valence-corrected chi connectivity index (χ4v) is 1.07. The smallest absolute Gasteiger partial charge is 0.0855 e. The highest BCUT2D eigenvalue weighted by Crippen LogP contribution is 2.15. The molecule has 1 rings (SSSR count). The number of rotatable bonds is 2. The monoisotopic (exact) mass is 130 g/mol. The maximum atomic E-state index is 5.39. The Morgan fingerprint density at radius 1 is 1.56 bits per heavy atom. The topological polar surface area (TPSA) is 18.5 Å². The lowest BCUT2D eigenvalue weighted by molar-refractivity contribution is 0.0371. The van der Waals surface area contributed by atoms with Crippen molar-refractivity contribution in [3.05, 3.63) is 0 Å². The van der Waals surface area contributed by atoms with Crippen LogP contribution in [-0.2, 0) is 9.47 Å². The van der Waals surface area contributed by atoms with Gasteiger partial charge in [-0.15, -0.1) is 0 Å². The third-order valence-corrected chi connectivity index (χ3v) is 1.68. The van der Waals surface area contributed by atoms with Crippen LogP contribution in [0.25, 0.3) is 0 Å². The van der Waals surface area contributed by atoms with Crippen LogP contribution in [0.3, 0.4) is 0 Å². The quantitative estimate of drug-likeness (QED) is 0.556. The predicted molar refractivity (Wildman–Crippen MR) is 35.4 cm³/mol. The molecule has 2 nitrogen and oxygen atoms in total. The van der Waals surface area contributed by atoms with E-state index in [2.05, 4.69) is 6.92 Å². The van der Waals surface area contributed by atoms with Crippen molar-refractivity contribution in [1.82, 2.24) is 0 Å². The fourth-order valence-electron chi connectivity index (χ4n) is 1.07. The van der Waals surface area contributed by atoms with E-state index >= 15 is 0 Å². The molecule has 2 atom stereocenters. The van der Waals surface area contributed by atoms with Crippen molar-refractivity contribution in [1.29, 1.82) is 0 Å². The van der Waals surface area contributed by atoms with Crippen LogP contribution in [0.2, 0.25) is 0 Å². The van der Waals surface area contributed by atoms with Crippen molar-refractivity contribution in [2.75, 3.05) is 19.8 Å². The molecule has 1 heterocycles. The van der Waals surface area contributed by atoms with E-state index in [1.54, 1.807) is 0 Å². The van der Waals surface area contributed by atoms with Crippen LogP contribution in [0.5, 0.6) is 0 Å². The molecule has 0 N–H and O–H groups in total. The van der Waals surface area contributed by atoms with Crippen molar-refractivity contribution in [2.24, 2.45) is 5.92 Å². The van der Waals surface area contributed by atoms with Crippen LogP contribution in [-0.4, -0.2) is 25.9 Å². The van der Waals surface area contributed by atoms with Crippen molar-refractivity contribution in [3.63, 3.8) is 0 Å². The second-order valence-corrected chi connectivity index (χ2v) is 2.51. The van der Waals surface area contributed by atoms with Gasteiger partial charge in [0.1, 0.15) is 0 Å². The molecule has 0 amide bonds. The third kappa shape index (κ3) is 1.66. The summed E-state index contributed by atoms with van der Waals surface area (Å²) in [4.78, 5) is 0. The maximum absolute atomic E-state index is 5.39. The minimum Gasteiger partial charge on any atom is -0.378 e. The number of hydrogen-bond acceptors (Lipinski definition) is 2. The summed E-state index contributed by atoms with van der Waals surface area (Å²) in [6, 6.07) is 0. The molecule has 0 spiro atoms. The molecule has 1 aliphatic rings.